The van der Waals surface area contributed by atoms with Gasteiger partial charge in [-0.25, -0.2) is 4.99 Å². The summed E-state index contributed by atoms with van der Waals surface area (Å²) in [5, 5.41) is 14.8. The third kappa shape index (κ3) is 7.23. The van der Waals surface area contributed by atoms with E-state index in [0.29, 0.717) is 38.8 Å². The first-order chi connectivity index (χ1) is 14.0. The van der Waals surface area contributed by atoms with Gasteiger partial charge in [0.15, 0.2) is 11.8 Å². The van der Waals surface area contributed by atoms with Gasteiger partial charge in [0.05, 0.1) is 19.7 Å². The molecule has 0 spiro atoms. The Balaban J connectivity index is 2.06. The maximum absolute atomic E-state index is 5.95. The number of ether oxygens (including phenoxy) is 2. The number of rotatable bonds is 11. The summed E-state index contributed by atoms with van der Waals surface area (Å²) in [6.07, 6.45) is 2.64. The number of hydrogen-bond acceptors (Lipinski definition) is 5. The molecule has 0 aliphatic heterocycles. The molecule has 8 heteroatoms. The number of guanidine groups is 1. The zero-order chi connectivity index (χ0) is 21.1. The van der Waals surface area contributed by atoms with Crippen molar-refractivity contribution < 1.29 is 9.47 Å². The van der Waals surface area contributed by atoms with Gasteiger partial charge in [0.2, 0.25) is 0 Å². The van der Waals surface area contributed by atoms with Crippen molar-refractivity contribution in [1.82, 2.24) is 25.4 Å². The van der Waals surface area contributed by atoms with E-state index in [-0.39, 0.29) is 0 Å². The summed E-state index contributed by atoms with van der Waals surface area (Å²) in [4.78, 5) is 4.70. The van der Waals surface area contributed by atoms with Crippen LogP contribution in [-0.4, -0.2) is 47.6 Å². The van der Waals surface area contributed by atoms with Crippen molar-refractivity contribution in [2.45, 2.75) is 33.4 Å². The lowest BCUT2D eigenvalue weighted by molar-refractivity contribution is 0.172. The molecule has 0 saturated heterocycles. The second-order valence-corrected chi connectivity index (χ2v) is 6.72. The van der Waals surface area contributed by atoms with Crippen LogP contribution in [0.2, 0.25) is 0 Å². The highest BCUT2D eigenvalue weighted by molar-refractivity contribution is 5.79. The molecule has 0 radical (unpaired) electrons. The molecule has 2 aromatic rings. The zero-order valence-corrected chi connectivity index (χ0v) is 17.9. The van der Waals surface area contributed by atoms with Crippen LogP contribution in [0.5, 0.6) is 5.75 Å². The Labute approximate surface area is 173 Å². The Bertz CT molecular complexity index is 815. The summed E-state index contributed by atoms with van der Waals surface area (Å²) >= 11 is 0. The van der Waals surface area contributed by atoms with Crippen LogP contribution in [0.15, 0.2) is 35.8 Å². The molecule has 2 rings (SSSR count). The van der Waals surface area contributed by atoms with E-state index in [4.69, 9.17) is 14.5 Å². The van der Waals surface area contributed by atoms with Gasteiger partial charge in [-0.2, -0.15) is 0 Å². The standard InChI is InChI=1S/C21H32N6O2/c1-6-10-22-21(24-15-20-26-25-17(3)27(20)4)23-14-18-9-8-16(2)13-19(18)29-12-7-11-28-5/h6,8-9,13H,1,7,10-12,14-15H2,2-5H3,(H2,22,23,24). The minimum absolute atomic E-state index is 0.490. The zero-order valence-electron chi connectivity index (χ0n) is 17.9. The van der Waals surface area contributed by atoms with Crippen LogP contribution in [0.3, 0.4) is 0 Å². The monoisotopic (exact) mass is 400 g/mol. The van der Waals surface area contributed by atoms with E-state index in [9.17, 15) is 0 Å². The molecule has 0 aliphatic rings. The fourth-order valence-corrected chi connectivity index (χ4v) is 2.59. The molecule has 2 N–H and O–H groups in total. The molecule has 29 heavy (non-hydrogen) atoms. The maximum atomic E-state index is 5.95. The van der Waals surface area contributed by atoms with Crippen LogP contribution in [0.4, 0.5) is 0 Å². The van der Waals surface area contributed by atoms with Gasteiger partial charge < -0.3 is 24.7 Å². The molecule has 1 aromatic carbocycles. The molecule has 0 aliphatic carbocycles. The normalized spacial score (nSPS) is 11.4. The SMILES string of the molecule is C=CCNC(=NCc1ccc(C)cc1OCCCOC)NCc1nnc(C)n1C. The molecule has 0 amide bonds. The average Bonchev–Trinajstić information content (AvgIpc) is 3.04. The van der Waals surface area contributed by atoms with E-state index < -0.39 is 0 Å². The quantitative estimate of drug-likeness (QED) is 0.260. The van der Waals surface area contributed by atoms with E-state index >= 15 is 0 Å². The predicted octanol–water partition coefficient (Wildman–Crippen LogP) is 2.27. The van der Waals surface area contributed by atoms with Crippen molar-refractivity contribution in [2.75, 3.05) is 26.9 Å². The van der Waals surface area contributed by atoms with Gasteiger partial charge in [0.25, 0.3) is 0 Å². The van der Waals surface area contributed by atoms with Crippen LogP contribution in [-0.2, 0) is 24.9 Å². The van der Waals surface area contributed by atoms with Crippen molar-refractivity contribution in [3.63, 3.8) is 0 Å². The van der Waals surface area contributed by atoms with Crippen LogP contribution in [0.25, 0.3) is 0 Å². The highest BCUT2D eigenvalue weighted by Gasteiger charge is 2.08. The number of aliphatic imine (C=N–C) groups is 1. The second kappa shape index (κ2) is 11.9. The van der Waals surface area contributed by atoms with Gasteiger partial charge >= 0.3 is 0 Å². The van der Waals surface area contributed by atoms with Crippen molar-refractivity contribution in [3.05, 3.63) is 53.6 Å². The Morgan fingerprint density at radius 3 is 2.76 bits per heavy atom. The topological polar surface area (TPSA) is 85.6 Å². The molecule has 0 bridgehead atoms. The number of aryl methyl sites for hydroxylation is 2. The number of benzene rings is 1. The minimum atomic E-state index is 0.490. The molecule has 0 saturated carbocycles. The predicted molar refractivity (Wildman–Crippen MR) is 115 cm³/mol. The van der Waals surface area contributed by atoms with Crippen LogP contribution in [0, 0.1) is 13.8 Å². The molecule has 158 valence electrons. The first-order valence-corrected chi connectivity index (χ1v) is 9.74. The van der Waals surface area contributed by atoms with E-state index in [1.54, 1.807) is 13.2 Å². The molecule has 0 fully saturated rings. The minimum Gasteiger partial charge on any atom is -0.493 e. The largest absolute Gasteiger partial charge is 0.493 e. The summed E-state index contributed by atoms with van der Waals surface area (Å²) in [6, 6.07) is 6.17. The van der Waals surface area contributed by atoms with Gasteiger partial charge in [0.1, 0.15) is 11.6 Å². The molecular formula is C21H32N6O2. The summed E-state index contributed by atoms with van der Waals surface area (Å²) in [6.45, 7) is 10.6. The van der Waals surface area contributed by atoms with Gasteiger partial charge in [-0.15, -0.1) is 16.8 Å². The molecule has 1 aromatic heterocycles. The van der Waals surface area contributed by atoms with Gasteiger partial charge in [-0.3, -0.25) is 0 Å². The molecule has 8 nitrogen and oxygen atoms in total. The Morgan fingerprint density at radius 2 is 2.07 bits per heavy atom. The lowest BCUT2D eigenvalue weighted by Crippen LogP contribution is -2.37. The number of nitrogens with zero attached hydrogens (tertiary/aromatic N) is 4. The molecule has 0 unspecified atom stereocenters. The summed E-state index contributed by atoms with van der Waals surface area (Å²) in [5.74, 6) is 3.25. The van der Waals surface area contributed by atoms with Gasteiger partial charge in [0, 0.05) is 39.3 Å². The summed E-state index contributed by atoms with van der Waals surface area (Å²) < 4.78 is 13.0. The van der Waals surface area contributed by atoms with Crippen LogP contribution < -0.4 is 15.4 Å². The van der Waals surface area contributed by atoms with Crippen molar-refractivity contribution >= 4 is 5.96 Å². The smallest absolute Gasteiger partial charge is 0.192 e. The third-order valence-electron chi connectivity index (χ3n) is 4.39. The lowest BCUT2D eigenvalue weighted by Gasteiger charge is -2.14. The van der Waals surface area contributed by atoms with Crippen LogP contribution >= 0.6 is 0 Å². The number of hydrogen-bond donors (Lipinski definition) is 2. The van der Waals surface area contributed by atoms with Crippen molar-refractivity contribution in [2.24, 2.45) is 12.0 Å². The van der Waals surface area contributed by atoms with Crippen LogP contribution in [0.1, 0.15) is 29.2 Å². The number of methoxy groups -OCH3 is 1. The third-order valence-corrected chi connectivity index (χ3v) is 4.39. The fraction of sp³-hybridized carbons (Fsp3) is 0.476. The maximum Gasteiger partial charge on any atom is 0.192 e. The first kappa shape index (κ1) is 22.4. The van der Waals surface area contributed by atoms with Gasteiger partial charge in [-0.1, -0.05) is 18.2 Å². The fourth-order valence-electron chi connectivity index (χ4n) is 2.59. The molecular weight excluding hydrogens is 368 g/mol. The summed E-state index contributed by atoms with van der Waals surface area (Å²) in [5.41, 5.74) is 2.18. The first-order valence-electron chi connectivity index (χ1n) is 9.74. The summed E-state index contributed by atoms with van der Waals surface area (Å²) in [7, 11) is 3.64. The molecule has 1 heterocycles. The lowest BCUT2D eigenvalue weighted by atomic mass is 10.1. The van der Waals surface area contributed by atoms with Crippen molar-refractivity contribution in [3.8, 4) is 5.75 Å². The van der Waals surface area contributed by atoms with Crippen molar-refractivity contribution in [1.29, 1.82) is 0 Å². The highest BCUT2D eigenvalue weighted by atomic mass is 16.5. The second-order valence-electron chi connectivity index (χ2n) is 6.72. The number of aromatic nitrogens is 3. The van der Waals surface area contributed by atoms with E-state index in [0.717, 1.165) is 34.9 Å². The van der Waals surface area contributed by atoms with E-state index in [1.165, 1.54) is 0 Å². The molecule has 0 atom stereocenters. The Hall–Kier alpha value is -2.87. The number of nitrogens with one attached hydrogen (secondary N) is 2. The highest BCUT2D eigenvalue weighted by Crippen LogP contribution is 2.21. The van der Waals surface area contributed by atoms with E-state index in [2.05, 4.69) is 46.5 Å². The Morgan fingerprint density at radius 1 is 1.24 bits per heavy atom. The average molecular weight is 401 g/mol. The van der Waals surface area contributed by atoms with E-state index in [1.807, 2.05) is 24.6 Å². The Kier molecular flexibility index (Phi) is 9.17. The van der Waals surface area contributed by atoms with Gasteiger partial charge in [-0.05, 0) is 25.5 Å².